The lowest BCUT2D eigenvalue weighted by molar-refractivity contribution is -0.138. The van der Waals surface area contributed by atoms with Crippen LogP contribution in [0.1, 0.15) is 17.5 Å². The first-order valence-electron chi connectivity index (χ1n) is 7.12. The summed E-state index contributed by atoms with van der Waals surface area (Å²) in [4.78, 5) is 2.17. The minimum atomic E-state index is -4.26. The van der Waals surface area contributed by atoms with E-state index in [1.807, 2.05) is 0 Å². The molecule has 2 atom stereocenters. The molecule has 2 unspecified atom stereocenters. The Hall–Kier alpha value is -1.07. The molecule has 2 fully saturated rings. The molecule has 1 aromatic rings. The summed E-state index contributed by atoms with van der Waals surface area (Å²) in [5.41, 5.74) is -0.101. The van der Waals surface area contributed by atoms with E-state index in [1.54, 1.807) is 12.1 Å². The molecular formula is C15H19F3N2. The van der Waals surface area contributed by atoms with E-state index in [9.17, 15) is 13.2 Å². The largest absolute Gasteiger partial charge is 0.416 e. The van der Waals surface area contributed by atoms with Crippen molar-refractivity contribution >= 4 is 0 Å². The minimum absolute atomic E-state index is 0.393. The average Bonchev–Trinajstić information content (AvgIpc) is 2.85. The normalized spacial score (nSPS) is 27.6. The van der Waals surface area contributed by atoms with Crippen LogP contribution < -0.4 is 5.32 Å². The maximum absolute atomic E-state index is 13.0. The molecule has 3 rings (SSSR count). The van der Waals surface area contributed by atoms with E-state index in [-0.39, 0.29) is 0 Å². The quantitative estimate of drug-likeness (QED) is 0.898. The summed E-state index contributed by atoms with van der Waals surface area (Å²) in [5.74, 6) is 1.31. The van der Waals surface area contributed by atoms with E-state index in [0.717, 1.165) is 32.6 Å². The summed E-state index contributed by atoms with van der Waals surface area (Å²) < 4.78 is 39.0. The van der Waals surface area contributed by atoms with Gasteiger partial charge in [0.1, 0.15) is 0 Å². The number of halogens is 3. The van der Waals surface area contributed by atoms with Crippen molar-refractivity contribution in [2.45, 2.75) is 19.1 Å². The summed E-state index contributed by atoms with van der Waals surface area (Å²) in [7, 11) is 0. The predicted molar refractivity (Wildman–Crippen MR) is 71.2 cm³/mol. The molecule has 0 bridgehead atoms. The van der Waals surface area contributed by atoms with Crippen molar-refractivity contribution in [3.05, 3.63) is 35.4 Å². The van der Waals surface area contributed by atoms with Crippen LogP contribution in [0.5, 0.6) is 0 Å². The molecule has 5 heteroatoms. The number of benzene rings is 1. The molecule has 2 aliphatic heterocycles. The van der Waals surface area contributed by atoms with E-state index in [2.05, 4.69) is 10.2 Å². The highest BCUT2D eigenvalue weighted by molar-refractivity contribution is 5.29. The Morgan fingerprint density at radius 1 is 1.15 bits per heavy atom. The van der Waals surface area contributed by atoms with Gasteiger partial charge in [0.2, 0.25) is 0 Å². The van der Waals surface area contributed by atoms with Crippen LogP contribution in [0.25, 0.3) is 0 Å². The fourth-order valence-electron chi connectivity index (χ4n) is 3.43. The third-order valence-corrected chi connectivity index (χ3v) is 4.51. The molecule has 20 heavy (non-hydrogen) atoms. The lowest BCUT2D eigenvalue weighted by Gasteiger charge is -2.34. The smallest absolute Gasteiger partial charge is 0.316 e. The molecule has 0 aliphatic carbocycles. The van der Waals surface area contributed by atoms with E-state index in [4.69, 9.17) is 0 Å². The zero-order valence-electron chi connectivity index (χ0n) is 11.3. The molecule has 0 radical (unpaired) electrons. The Bertz CT molecular complexity index is 472. The molecule has 2 nitrogen and oxygen atoms in total. The van der Waals surface area contributed by atoms with Crippen molar-refractivity contribution in [1.29, 1.82) is 0 Å². The number of likely N-dealkylation sites (tertiary alicyclic amines) is 1. The number of nitrogens with zero attached hydrogens (tertiary/aromatic N) is 1. The van der Waals surface area contributed by atoms with Gasteiger partial charge in [-0.2, -0.15) is 13.2 Å². The van der Waals surface area contributed by atoms with Gasteiger partial charge in [0.05, 0.1) is 5.56 Å². The Morgan fingerprint density at radius 2 is 1.90 bits per heavy atom. The number of nitrogens with one attached hydrogen (secondary N) is 1. The Balaban J connectivity index is 1.72. The summed E-state index contributed by atoms with van der Waals surface area (Å²) >= 11 is 0. The number of fused-ring (bicyclic) bond motifs is 1. The fourth-order valence-corrected chi connectivity index (χ4v) is 3.43. The van der Waals surface area contributed by atoms with E-state index < -0.39 is 11.7 Å². The monoisotopic (exact) mass is 284 g/mol. The average molecular weight is 284 g/mol. The van der Waals surface area contributed by atoms with Crippen LogP contribution in [-0.2, 0) is 12.7 Å². The second kappa shape index (κ2) is 5.37. The third kappa shape index (κ3) is 2.83. The van der Waals surface area contributed by atoms with Crippen molar-refractivity contribution in [3.8, 4) is 0 Å². The molecule has 2 heterocycles. The van der Waals surface area contributed by atoms with Crippen LogP contribution >= 0.6 is 0 Å². The second-order valence-electron chi connectivity index (χ2n) is 5.86. The molecule has 0 saturated carbocycles. The van der Waals surface area contributed by atoms with Gasteiger partial charge in [0.15, 0.2) is 0 Å². The van der Waals surface area contributed by atoms with Crippen LogP contribution in [0.3, 0.4) is 0 Å². The van der Waals surface area contributed by atoms with Crippen molar-refractivity contribution in [3.63, 3.8) is 0 Å². The van der Waals surface area contributed by atoms with E-state index in [0.29, 0.717) is 23.9 Å². The Morgan fingerprint density at radius 3 is 2.70 bits per heavy atom. The third-order valence-electron chi connectivity index (χ3n) is 4.51. The first-order chi connectivity index (χ1) is 9.54. The first-order valence-corrected chi connectivity index (χ1v) is 7.12. The number of rotatable bonds is 2. The molecule has 0 aromatic heterocycles. The minimum Gasteiger partial charge on any atom is -0.316 e. The maximum atomic E-state index is 13.0. The molecule has 1 N–H and O–H groups in total. The van der Waals surface area contributed by atoms with Gasteiger partial charge in [0, 0.05) is 13.1 Å². The van der Waals surface area contributed by atoms with Crippen molar-refractivity contribution in [1.82, 2.24) is 10.2 Å². The highest BCUT2D eigenvalue weighted by Crippen LogP contribution is 2.33. The molecule has 2 saturated heterocycles. The summed E-state index contributed by atoms with van der Waals surface area (Å²) in [5, 5.41) is 3.38. The zero-order chi connectivity index (χ0) is 14.2. The lowest BCUT2D eigenvalue weighted by atomic mass is 9.88. The van der Waals surface area contributed by atoms with Crippen molar-refractivity contribution < 1.29 is 13.2 Å². The van der Waals surface area contributed by atoms with Gasteiger partial charge in [-0.1, -0.05) is 18.2 Å². The van der Waals surface area contributed by atoms with Crippen LogP contribution in [0.15, 0.2) is 24.3 Å². The fraction of sp³-hybridized carbons (Fsp3) is 0.600. The summed E-state index contributed by atoms with van der Waals surface area (Å²) in [6.07, 6.45) is -3.17. The van der Waals surface area contributed by atoms with Gasteiger partial charge in [-0.05, 0) is 49.5 Å². The SMILES string of the molecule is FC(F)(F)c1ccccc1CN1CCC2CNCC2C1. The van der Waals surface area contributed by atoms with E-state index >= 15 is 0 Å². The van der Waals surface area contributed by atoms with Crippen LogP contribution in [0.4, 0.5) is 13.2 Å². The number of hydrogen-bond donors (Lipinski definition) is 1. The van der Waals surface area contributed by atoms with Gasteiger partial charge in [-0.3, -0.25) is 4.90 Å². The molecule has 1 aromatic carbocycles. The van der Waals surface area contributed by atoms with Gasteiger partial charge in [-0.25, -0.2) is 0 Å². The Labute approximate surface area is 117 Å². The number of hydrogen-bond acceptors (Lipinski definition) is 2. The Kier molecular flexibility index (Phi) is 3.73. The molecule has 0 amide bonds. The topological polar surface area (TPSA) is 15.3 Å². The number of alkyl halides is 3. The highest BCUT2D eigenvalue weighted by Gasteiger charge is 2.35. The second-order valence-corrected chi connectivity index (χ2v) is 5.86. The van der Waals surface area contributed by atoms with Crippen LogP contribution in [0, 0.1) is 11.8 Å². The number of piperidine rings is 1. The standard InChI is InChI=1S/C15H19F3N2/c16-15(17,18)14-4-2-1-3-12(14)9-20-6-5-11-7-19-8-13(11)10-20/h1-4,11,13,19H,5-10H2. The summed E-state index contributed by atoms with van der Waals surface area (Å²) in [6, 6.07) is 5.93. The maximum Gasteiger partial charge on any atom is 0.416 e. The zero-order valence-corrected chi connectivity index (χ0v) is 11.3. The van der Waals surface area contributed by atoms with Crippen LogP contribution in [-0.4, -0.2) is 31.1 Å². The van der Waals surface area contributed by atoms with Gasteiger partial charge < -0.3 is 5.32 Å². The highest BCUT2D eigenvalue weighted by atomic mass is 19.4. The first kappa shape index (κ1) is 13.9. The molecule has 110 valence electrons. The molecular weight excluding hydrogens is 265 g/mol. The summed E-state index contributed by atoms with van der Waals surface area (Å²) in [6.45, 7) is 4.28. The van der Waals surface area contributed by atoms with Gasteiger partial charge >= 0.3 is 6.18 Å². The molecule has 2 aliphatic rings. The van der Waals surface area contributed by atoms with E-state index in [1.165, 1.54) is 12.1 Å². The van der Waals surface area contributed by atoms with Crippen molar-refractivity contribution in [2.75, 3.05) is 26.2 Å². The van der Waals surface area contributed by atoms with Gasteiger partial charge in [-0.15, -0.1) is 0 Å². The van der Waals surface area contributed by atoms with Gasteiger partial charge in [0.25, 0.3) is 0 Å². The lowest BCUT2D eigenvalue weighted by Crippen LogP contribution is -2.39. The predicted octanol–water partition coefficient (Wildman–Crippen LogP) is 2.75. The van der Waals surface area contributed by atoms with Crippen molar-refractivity contribution in [2.24, 2.45) is 11.8 Å². The van der Waals surface area contributed by atoms with Crippen LogP contribution in [0.2, 0.25) is 0 Å². The molecule has 0 spiro atoms.